The van der Waals surface area contributed by atoms with Gasteiger partial charge in [0.2, 0.25) is 11.6 Å². The number of ketones is 2. The summed E-state index contributed by atoms with van der Waals surface area (Å²) in [6, 6.07) is 28.1. The number of fused-ring (bicyclic) bond motifs is 4. The van der Waals surface area contributed by atoms with Crippen LogP contribution in [0.25, 0.3) is 50.4 Å². The minimum atomic E-state index is -0.364. The van der Waals surface area contributed by atoms with Gasteiger partial charge in [-0.05, 0) is 89.0 Å². The highest BCUT2D eigenvalue weighted by Gasteiger charge is 2.31. The van der Waals surface area contributed by atoms with Gasteiger partial charge in [-0.15, -0.1) is 0 Å². The van der Waals surface area contributed by atoms with Crippen LogP contribution in [0, 0.1) is 0 Å². The molecule has 8 aromatic rings. The van der Waals surface area contributed by atoms with Crippen molar-refractivity contribution in [1.29, 1.82) is 0 Å². The quantitative estimate of drug-likeness (QED) is 0.122. The van der Waals surface area contributed by atoms with Crippen molar-refractivity contribution in [3.8, 4) is 45.3 Å². The van der Waals surface area contributed by atoms with Gasteiger partial charge >= 0.3 is 0 Å². The van der Waals surface area contributed by atoms with Gasteiger partial charge in [-0.2, -0.15) is 0 Å². The van der Waals surface area contributed by atoms with Gasteiger partial charge in [0, 0.05) is 100 Å². The van der Waals surface area contributed by atoms with Crippen LogP contribution in [0.5, 0.6) is 23.0 Å². The van der Waals surface area contributed by atoms with Gasteiger partial charge in [0.15, 0.2) is 18.7 Å². The summed E-state index contributed by atoms with van der Waals surface area (Å²) in [6.07, 6.45) is 9.65. The first-order valence-corrected chi connectivity index (χ1v) is 20.9. The molecular formula is C52H44N6O9. The number of rotatable bonds is 6. The summed E-state index contributed by atoms with van der Waals surface area (Å²) in [5.74, 6) is 0.242. The lowest BCUT2D eigenvalue weighted by Crippen LogP contribution is -2.21. The maximum Gasteiger partial charge on any atom is 0.253 e. The second-order valence-corrected chi connectivity index (χ2v) is 16.1. The molecule has 0 bridgehead atoms. The monoisotopic (exact) mass is 896 g/mol. The number of benzene rings is 4. The third-order valence-electron chi connectivity index (χ3n) is 11.2. The summed E-state index contributed by atoms with van der Waals surface area (Å²) < 4.78 is 14.5. The second kappa shape index (κ2) is 18.3. The Bertz CT molecular complexity index is 3310. The molecule has 0 saturated heterocycles. The van der Waals surface area contributed by atoms with E-state index in [-0.39, 0.29) is 52.8 Å². The molecule has 0 aliphatic carbocycles. The number of aromatic hydroxyl groups is 2. The molecule has 2 aliphatic heterocycles. The van der Waals surface area contributed by atoms with Crippen molar-refractivity contribution in [1.82, 2.24) is 28.9 Å². The van der Waals surface area contributed by atoms with Gasteiger partial charge in [0.1, 0.15) is 45.4 Å². The van der Waals surface area contributed by atoms with Crippen LogP contribution in [-0.4, -0.2) is 104 Å². The molecule has 15 nitrogen and oxygen atoms in total. The molecule has 2 amide bonds. The van der Waals surface area contributed by atoms with Crippen LogP contribution in [0.4, 0.5) is 0 Å². The van der Waals surface area contributed by atoms with E-state index in [1.165, 1.54) is 17.0 Å². The van der Waals surface area contributed by atoms with E-state index in [2.05, 4.69) is 9.97 Å². The number of aromatic nitrogens is 4. The van der Waals surface area contributed by atoms with Crippen LogP contribution in [0.15, 0.2) is 128 Å². The summed E-state index contributed by atoms with van der Waals surface area (Å²) in [6.45, 7) is 0.0485. The number of aryl methyl sites for hydroxylation is 2. The van der Waals surface area contributed by atoms with E-state index < -0.39 is 0 Å². The third-order valence-corrected chi connectivity index (χ3v) is 11.2. The molecule has 336 valence electrons. The highest BCUT2D eigenvalue weighted by Crippen LogP contribution is 2.39. The number of amides is 2. The highest BCUT2D eigenvalue weighted by atomic mass is 16.5. The van der Waals surface area contributed by atoms with E-state index in [4.69, 9.17) is 9.47 Å². The van der Waals surface area contributed by atoms with Crippen LogP contribution in [0.1, 0.15) is 57.4 Å². The molecule has 10 rings (SSSR count). The van der Waals surface area contributed by atoms with Crippen LogP contribution < -0.4 is 9.47 Å². The maximum absolute atomic E-state index is 12.9. The van der Waals surface area contributed by atoms with Gasteiger partial charge < -0.3 is 38.6 Å². The molecule has 0 unspecified atom stereocenters. The van der Waals surface area contributed by atoms with Gasteiger partial charge in [-0.1, -0.05) is 36.4 Å². The van der Waals surface area contributed by atoms with Gasteiger partial charge in [0.25, 0.3) is 11.8 Å². The molecule has 4 aromatic carbocycles. The number of aldehydes is 1. The van der Waals surface area contributed by atoms with Crippen molar-refractivity contribution in [2.75, 3.05) is 34.8 Å². The molecule has 0 atom stereocenters. The predicted molar refractivity (Wildman–Crippen MR) is 253 cm³/mol. The highest BCUT2D eigenvalue weighted by molar-refractivity contribution is 6.17. The number of allylic oxidation sites excluding steroid dienone is 1. The molecule has 4 aromatic heterocycles. The Morgan fingerprint density at radius 3 is 1.60 bits per heavy atom. The first kappa shape index (κ1) is 44.7. The van der Waals surface area contributed by atoms with Crippen molar-refractivity contribution in [2.24, 2.45) is 14.1 Å². The number of carbonyl (C=O) groups is 5. The molecule has 2 aliphatic rings. The largest absolute Gasteiger partial charge is 0.507 e. The van der Waals surface area contributed by atoms with Crippen molar-refractivity contribution >= 4 is 57.8 Å². The lowest BCUT2D eigenvalue weighted by atomic mass is 9.99. The molecule has 0 radical (unpaired) electrons. The number of phenolic OH excluding ortho intramolecular Hbond substituents is 2. The van der Waals surface area contributed by atoms with Crippen LogP contribution in [0.3, 0.4) is 0 Å². The number of pyridine rings is 2. The Kier molecular flexibility index (Phi) is 12.2. The fourth-order valence-corrected chi connectivity index (χ4v) is 7.95. The van der Waals surface area contributed by atoms with Crippen molar-refractivity contribution in [3.05, 3.63) is 161 Å². The van der Waals surface area contributed by atoms with E-state index in [9.17, 15) is 34.2 Å². The lowest BCUT2D eigenvalue weighted by molar-refractivity contribution is 0.0820. The summed E-state index contributed by atoms with van der Waals surface area (Å²) >= 11 is 0. The minimum absolute atomic E-state index is 0.00463. The van der Waals surface area contributed by atoms with E-state index in [0.717, 1.165) is 56.2 Å². The van der Waals surface area contributed by atoms with Crippen molar-refractivity contribution in [2.45, 2.75) is 0 Å². The van der Waals surface area contributed by atoms with E-state index in [1.54, 1.807) is 106 Å². The zero-order valence-corrected chi connectivity index (χ0v) is 37.3. The zero-order chi connectivity index (χ0) is 47.7. The fraction of sp³-hybridized carbons (Fsp3) is 0.135. The molecule has 0 saturated carbocycles. The summed E-state index contributed by atoms with van der Waals surface area (Å²) in [4.78, 5) is 71.4. The van der Waals surface area contributed by atoms with E-state index in [0.29, 0.717) is 33.8 Å². The average molecular weight is 897 g/mol. The number of phenols is 2. The molecule has 67 heavy (non-hydrogen) atoms. The topological polar surface area (TPSA) is 186 Å². The van der Waals surface area contributed by atoms with Crippen LogP contribution in [0.2, 0.25) is 0 Å². The summed E-state index contributed by atoms with van der Waals surface area (Å²) in [5.41, 5.74) is 8.32. The van der Waals surface area contributed by atoms with Gasteiger partial charge in [-0.3, -0.25) is 24.0 Å². The molecule has 2 N–H and O–H groups in total. The summed E-state index contributed by atoms with van der Waals surface area (Å²) in [5, 5.41) is 21.0. The van der Waals surface area contributed by atoms with Gasteiger partial charge in [0.05, 0.1) is 0 Å². The standard InChI is InChI=1S/C26H21N3O4.C18H17N3O2.C8H6O3/c1-28(2)26(32)16-9-7-15(8-10-16)18-11-12-27-25-22(18)17(14-29(25)3)13-21-24(31)23-19(30)5-4-6-20(23)33-21;1-20(2)18(23)13-6-4-12(5-7-13)15-8-9-19-17-16(15)14(11-22)10-21(17)3;9-5-2-1-3-7-8(5)6(10)4-11-7/h4-14,30H,1-3H3;4-11H,1-3H3;1-3,9H,4H2/b21-13-;;. The van der Waals surface area contributed by atoms with Crippen molar-refractivity contribution in [3.63, 3.8) is 0 Å². The van der Waals surface area contributed by atoms with Crippen LogP contribution in [-0.2, 0) is 14.1 Å². The number of Topliss-reactive ketones (excluding diaryl/α,β-unsaturated/α-hetero) is 2. The molecular weight excluding hydrogens is 853 g/mol. The Morgan fingerprint density at radius 1 is 0.642 bits per heavy atom. The number of ether oxygens (including phenoxy) is 2. The number of nitrogens with zero attached hydrogens (tertiary/aromatic N) is 6. The first-order valence-electron chi connectivity index (χ1n) is 20.9. The normalized spacial score (nSPS) is 12.9. The fourth-order valence-electron chi connectivity index (χ4n) is 7.95. The molecule has 15 heteroatoms. The smallest absolute Gasteiger partial charge is 0.253 e. The zero-order valence-electron chi connectivity index (χ0n) is 37.3. The number of carbonyl (C=O) groups excluding carboxylic acids is 5. The minimum Gasteiger partial charge on any atom is -0.507 e. The Morgan fingerprint density at radius 2 is 1.12 bits per heavy atom. The van der Waals surface area contributed by atoms with Crippen molar-refractivity contribution < 1.29 is 43.7 Å². The van der Waals surface area contributed by atoms with E-state index >= 15 is 0 Å². The Hall–Kier alpha value is -8.85. The van der Waals surface area contributed by atoms with Gasteiger partial charge in [-0.25, -0.2) is 9.97 Å². The summed E-state index contributed by atoms with van der Waals surface area (Å²) in [7, 11) is 10.6. The second-order valence-electron chi connectivity index (χ2n) is 16.1. The third kappa shape index (κ3) is 8.60. The maximum atomic E-state index is 12.9. The molecule has 0 fully saturated rings. The molecule has 6 heterocycles. The molecule has 0 spiro atoms. The Labute approximate surface area is 384 Å². The predicted octanol–water partition coefficient (Wildman–Crippen LogP) is 7.99. The number of hydrogen-bond donors (Lipinski definition) is 2. The van der Waals surface area contributed by atoms with E-state index in [1.807, 2.05) is 65.8 Å². The Balaban J connectivity index is 0.000000154. The first-order chi connectivity index (χ1) is 32.2. The SMILES string of the molecule is CN(C)C(=O)c1ccc(-c2ccnc3c2c(/C=C2\Oc4cccc(O)c4C2=O)cn3C)cc1.CN(C)C(=O)c1ccc(-c2ccnc3c2c(C=O)cn3C)cc1.O=C1COc2cccc(O)c21. The average Bonchev–Trinajstić information content (AvgIpc) is 4.08. The van der Waals surface area contributed by atoms with Crippen LogP contribution >= 0.6 is 0 Å². The lowest BCUT2D eigenvalue weighted by Gasteiger charge is -2.11. The number of hydrogen-bond acceptors (Lipinski definition) is 11.